The molecule has 0 aromatic carbocycles. The van der Waals surface area contributed by atoms with Crippen LogP contribution >= 0.6 is 24.4 Å². The molecule has 0 aliphatic heterocycles. The molecule has 0 saturated carbocycles. The van der Waals surface area contributed by atoms with Crippen molar-refractivity contribution in [1.29, 1.82) is 0 Å². The number of aliphatic carboxylic acids is 1. The molecular formula is C13H25N3O4S2. The maximum Gasteiger partial charge on any atom is 0.326 e. The maximum atomic E-state index is 12.3. The zero-order chi connectivity index (χ0) is 17.3. The van der Waals surface area contributed by atoms with Gasteiger partial charge in [0.1, 0.15) is 12.1 Å². The Kier molecular flexibility index (Phi) is 10.3. The van der Waals surface area contributed by atoms with Crippen LogP contribution in [0.5, 0.6) is 0 Å². The first kappa shape index (κ1) is 21.1. The number of nitrogens with one attached hydrogen (secondary N) is 2. The summed E-state index contributed by atoms with van der Waals surface area (Å²) in [6, 6.07) is -2.63. The fourth-order valence-corrected chi connectivity index (χ4v) is 2.27. The van der Waals surface area contributed by atoms with Gasteiger partial charge in [-0.05, 0) is 24.3 Å². The van der Waals surface area contributed by atoms with Gasteiger partial charge < -0.3 is 21.5 Å². The summed E-state index contributed by atoms with van der Waals surface area (Å²) in [6.45, 7) is 3.40. The van der Waals surface area contributed by atoms with Gasteiger partial charge in [0.25, 0.3) is 0 Å². The Balaban J connectivity index is 4.89. The summed E-state index contributed by atoms with van der Waals surface area (Å²) in [6.07, 6.45) is 2.27. The molecule has 3 atom stereocenters. The number of carbonyl (C=O) groups excluding carboxylic acids is 2. The van der Waals surface area contributed by atoms with Crippen LogP contribution in [0.3, 0.4) is 0 Å². The van der Waals surface area contributed by atoms with E-state index >= 15 is 0 Å². The second kappa shape index (κ2) is 10.7. The highest BCUT2D eigenvalue weighted by molar-refractivity contribution is 7.98. The predicted molar refractivity (Wildman–Crippen MR) is 91.2 cm³/mol. The molecule has 0 bridgehead atoms. The van der Waals surface area contributed by atoms with Crippen molar-refractivity contribution in [3.05, 3.63) is 0 Å². The highest BCUT2D eigenvalue weighted by atomic mass is 32.2. The summed E-state index contributed by atoms with van der Waals surface area (Å²) in [5, 5.41) is 14.1. The van der Waals surface area contributed by atoms with Gasteiger partial charge in [-0.15, -0.1) is 0 Å². The molecule has 0 saturated heterocycles. The summed E-state index contributed by atoms with van der Waals surface area (Å²) in [7, 11) is 0. The molecule has 0 aliphatic carbocycles. The van der Waals surface area contributed by atoms with Crippen LogP contribution in [-0.4, -0.2) is 58.8 Å². The molecule has 0 aliphatic rings. The Morgan fingerprint density at radius 1 is 1.23 bits per heavy atom. The predicted octanol–water partition coefficient (Wildman–Crippen LogP) is -0.293. The van der Waals surface area contributed by atoms with Crippen LogP contribution in [0.15, 0.2) is 0 Å². The van der Waals surface area contributed by atoms with E-state index in [-0.39, 0.29) is 11.7 Å². The van der Waals surface area contributed by atoms with E-state index < -0.39 is 35.9 Å². The minimum Gasteiger partial charge on any atom is -0.480 e. The van der Waals surface area contributed by atoms with Crippen molar-refractivity contribution < 1.29 is 19.5 Å². The van der Waals surface area contributed by atoms with E-state index in [4.69, 9.17) is 10.8 Å². The smallest absolute Gasteiger partial charge is 0.326 e. The first-order valence-corrected chi connectivity index (χ1v) is 8.96. The van der Waals surface area contributed by atoms with Crippen molar-refractivity contribution in [2.45, 2.75) is 38.4 Å². The summed E-state index contributed by atoms with van der Waals surface area (Å²) in [5.41, 5.74) is 5.57. The molecule has 22 heavy (non-hydrogen) atoms. The number of carboxylic acids is 1. The number of hydrogen-bond acceptors (Lipinski definition) is 6. The molecule has 0 aromatic rings. The van der Waals surface area contributed by atoms with Crippen molar-refractivity contribution in [3.63, 3.8) is 0 Å². The SMILES string of the molecule is CSCCC(NC(=O)C(N)CS)C(=O)NC(C(=O)O)C(C)C. The van der Waals surface area contributed by atoms with Gasteiger partial charge in [-0.3, -0.25) is 9.59 Å². The van der Waals surface area contributed by atoms with E-state index in [0.717, 1.165) is 0 Å². The molecule has 0 radical (unpaired) electrons. The Hall–Kier alpha value is -0.930. The number of nitrogens with two attached hydrogens (primary N) is 1. The zero-order valence-corrected chi connectivity index (χ0v) is 14.7. The minimum atomic E-state index is -1.11. The molecule has 7 nitrogen and oxygen atoms in total. The Bertz CT molecular complexity index is 393. The standard InChI is InChI=1S/C13H25N3O4S2/c1-7(2)10(13(19)20)16-12(18)9(4-5-22-3)15-11(17)8(14)6-21/h7-10,21H,4-6,14H2,1-3H3,(H,15,17)(H,16,18)(H,19,20). The summed E-state index contributed by atoms with van der Waals surface area (Å²) >= 11 is 5.47. The van der Waals surface area contributed by atoms with Crippen molar-refractivity contribution in [2.75, 3.05) is 17.8 Å². The molecule has 2 amide bonds. The summed E-state index contributed by atoms with van der Waals surface area (Å²) < 4.78 is 0. The third-order valence-corrected chi connectivity index (χ3v) is 4.04. The van der Waals surface area contributed by atoms with E-state index in [1.54, 1.807) is 13.8 Å². The average Bonchev–Trinajstić information content (AvgIpc) is 2.46. The molecule has 0 aromatic heterocycles. The second-order valence-corrected chi connectivity index (χ2v) is 6.55. The Morgan fingerprint density at radius 2 is 1.82 bits per heavy atom. The quantitative estimate of drug-likeness (QED) is 0.345. The van der Waals surface area contributed by atoms with Crippen molar-refractivity contribution in [2.24, 2.45) is 11.7 Å². The molecule has 0 heterocycles. The van der Waals surface area contributed by atoms with Crippen LogP contribution < -0.4 is 16.4 Å². The van der Waals surface area contributed by atoms with E-state index in [1.165, 1.54) is 11.8 Å². The molecule has 0 spiro atoms. The lowest BCUT2D eigenvalue weighted by atomic mass is 10.0. The topological polar surface area (TPSA) is 122 Å². The lowest BCUT2D eigenvalue weighted by molar-refractivity contribution is -0.143. The van der Waals surface area contributed by atoms with Crippen LogP contribution in [0.4, 0.5) is 0 Å². The van der Waals surface area contributed by atoms with Crippen LogP contribution in [0.25, 0.3) is 0 Å². The summed E-state index contributed by atoms with van der Waals surface area (Å²) in [5.74, 6) is -1.56. The first-order valence-electron chi connectivity index (χ1n) is 6.93. The minimum absolute atomic E-state index is 0.159. The van der Waals surface area contributed by atoms with Gasteiger partial charge in [0.05, 0.1) is 6.04 Å². The number of thioether (sulfide) groups is 1. The fraction of sp³-hybridized carbons (Fsp3) is 0.769. The van der Waals surface area contributed by atoms with E-state index in [2.05, 4.69) is 23.3 Å². The molecule has 0 rings (SSSR count). The number of hydrogen-bond donors (Lipinski definition) is 5. The normalized spacial score (nSPS) is 15.0. The van der Waals surface area contributed by atoms with Crippen molar-refractivity contribution in [1.82, 2.24) is 10.6 Å². The largest absolute Gasteiger partial charge is 0.480 e. The highest BCUT2D eigenvalue weighted by Crippen LogP contribution is 2.06. The lowest BCUT2D eigenvalue weighted by Crippen LogP contribution is -2.55. The first-order chi connectivity index (χ1) is 10.2. The second-order valence-electron chi connectivity index (χ2n) is 5.20. The highest BCUT2D eigenvalue weighted by Gasteiger charge is 2.28. The van der Waals surface area contributed by atoms with Crippen LogP contribution in [0.1, 0.15) is 20.3 Å². The number of amides is 2. The van der Waals surface area contributed by atoms with Gasteiger partial charge >= 0.3 is 5.97 Å². The van der Waals surface area contributed by atoms with Crippen LogP contribution in [-0.2, 0) is 14.4 Å². The number of thiol groups is 1. The Labute approximate surface area is 140 Å². The zero-order valence-electron chi connectivity index (χ0n) is 13.0. The average molecular weight is 351 g/mol. The number of carbonyl (C=O) groups is 3. The van der Waals surface area contributed by atoms with Crippen LogP contribution in [0, 0.1) is 5.92 Å². The third kappa shape index (κ3) is 7.37. The lowest BCUT2D eigenvalue weighted by Gasteiger charge is -2.24. The van der Waals surface area contributed by atoms with Gasteiger partial charge in [-0.2, -0.15) is 24.4 Å². The van der Waals surface area contributed by atoms with E-state index in [0.29, 0.717) is 12.2 Å². The number of rotatable bonds is 10. The molecule has 9 heteroatoms. The van der Waals surface area contributed by atoms with Gasteiger partial charge in [0.15, 0.2) is 0 Å². The van der Waals surface area contributed by atoms with Crippen molar-refractivity contribution in [3.8, 4) is 0 Å². The molecule has 5 N–H and O–H groups in total. The molecule has 128 valence electrons. The Morgan fingerprint density at radius 3 is 2.23 bits per heavy atom. The maximum absolute atomic E-state index is 12.3. The third-order valence-electron chi connectivity index (χ3n) is 3.01. The van der Waals surface area contributed by atoms with Gasteiger partial charge in [-0.25, -0.2) is 4.79 Å². The molecule has 3 unspecified atom stereocenters. The summed E-state index contributed by atoms with van der Waals surface area (Å²) in [4.78, 5) is 35.2. The van der Waals surface area contributed by atoms with Crippen LogP contribution in [0.2, 0.25) is 0 Å². The van der Waals surface area contributed by atoms with E-state index in [1.807, 2.05) is 6.26 Å². The van der Waals surface area contributed by atoms with Gasteiger partial charge in [0.2, 0.25) is 11.8 Å². The van der Waals surface area contributed by atoms with E-state index in [9.17, 15) is 14.4 Å². The van der Waals surface area contributed by atoms with Crippen molar-refractivity contribution >= 4 is 42.2 Å². The number of carboxylic acid groups (broad SMARTS) is 1. The molecular weight excluding hydrogens is 326 g/mol. The monoisotopic (exact) mass is 351 g/mol. The van der Waals surface area contributed by atoms with Gasteiger partial charge in [0, 0.05) is 5.75 Å². The fourth-order valence-electron chi connectivity index (χ4n) is 1.63. The van der Waals surface area contributed by atoms with Gasteiger partial charge in [-0.1, -0.05) is 13.8 Å². The molecule has 0 fully saturated rings.